The molecule has 17 heavy (non-hydrogen) atoms. The van der Waals surface area contributed by atoms with Crippen molar-refractivity contribution in [2.24, 2.45) is 0 Å². The highest BCUT2D eigenvalue weighted by Gasteiger charge is 2.08. The third kappa shape index (κ3) is 1.63. The Hall–Kier alpha value is -2.06. The summed E-state index contributed by atoms with van der Waals surface area (Å²) in [5, 5.41) is 10.6. The Labute approximate surface area is 99.5 Å². The number of hydrogen-bond donors (Lipinski definition) is 2. The van der Waals surface area contributed by atoms with Crippen LogP contribution in [0.2, 0.25) is 0 Å². The van der Waals surface area contributed by atoms with E-state index < -0.39 is 0 Å². The maximum Gasteiger partial charge on any atom is 0.0687 e. The molecule has 3 aromatic rings. The molecule has 3 rings (SSSR count). The first-order valence-corrected chi connectivity index (χ1v) is 5.65. The van der Waals surface area contributed by atoms with E-state index in [1.807, 2.05) is 42.6 Å². The lowest BCUT2D eigenvalue weighted by Crippen LogP contribution is -1.87. The van der Waals surface area contributed by atoms with Crippen molar-refractivity contribution in [2.75, 3.05) is 0 Å². The lowest BCUT2D eigenvalue weighted by atomic mass is 10.00. The molecular weight excluding hydrogens is 210 g/mol. The molecule has 0 saturated heterocycles. The van der Waals surface area contributed by atoms with E-state index in [2.05, 4.69) is 17.1 Å². The van der Waals surface area contributed by atoms with E-state index in [0.717, 1.165) is 22.2 Å². The van der Waals surface area contributed by atoms with E-state index in [-0.39, 0.29) is 6.61 Å². The normalized spacial score (nSPS) is 10.9. The SMILES string of the molecule is OCc1ccccc1-c1c[nH]c2ccccc12. The first-order valence-electron chi connectivity index (χ1n) is 5.65. The molecule has 0 atom stereocenters. The Morgan fingerprint density at radius 2 is 1.65 bits per heavy atom. The predicted molar refractivity (Wildman–Crippen MR) is 69.7 cm³/mol. The van der Waals surface area contributed by atoms with Crippen LogP contribution in [0.1, 0.15) is 5.56 Å². The molecule has 0 bridgehead atoms. The number of aromatic nitrogens is 1. The van der Waals surface area contributed by atoms with E-state index in [1.54, 1.807) is 0 Å². The van der Waals surface area contributed by atoms with Crippen LogP contribution in [0.4, 0.5) is 0 Å². The monoisotopic (exact) mass is 223 g/mol. The third-order valence-corrected chi connectivity index (χ3v) is 3.07. The molecule has 0 aliphatic rings. The van der Waals surface area contributed by atoms with Gasteiger partial charge in [-0.25, -0.2) is 0 Å². The molecule has 0 spiro atoms. The number of rotatable bonds is 2. The minimum atomic E-state index is 0.0652. The van der Waals surface area contributed by atoms with Crippen molar-refractivity contribution in [3.63, 3.8) is 0 Å². The van der Waals surface area contributed by atoms with Crippen LogP contribution >= 0.6 is 0 Å². The van der Waals surface area contributed by atoms with E-state index in [1.165, 1.54) is 5.39 Å². The molecule has 2 N–H and O–H groups in total. The van der Waals surface area contributed by atoms with Crippen LogP contribution in [-0.2, 0) is 6.61 Å². The van der Waals surface area contributed by atoms with Gasteiger partial charge in [-0.05, 0) is 17.2 Å². The number of fused-ring (bicyclic) bond motifs is 1. The molecule has 1 heterocycles. The number of aliphatic hydroxyl groups excluding tert-OH is 1. The highest BCUT2D eigenvalue weighted by atomic mass is 16.3. The summed E-state index contributed by atoms with van der Waals surface area (Å²) < 4.78 is 0. The first-order chi connectivity index (χ1) is 8.40. The van der Waals surface area contributed by atoms with Crippen molar-refractivity contribution in [2.45, 2.75) is 6.61 Å². The van der Waals surface area contributed by atoms with Crippen molar-refractivity contribution in [3.05, 3.63) is 60.3 Å². The van der Waals surface area contributed by atoms with Gasteiger partial charge in [0.25, 0.3) is 0 Å². The van der Waals surface area contributed by atoms with Crippen molar-refractivity contribution in [3.8, 4) is 11.1 Å². The summed E-state index contributed by atoms with van der Waals surface area (Å²) in [6.45, 7) is 0.0652. The average Bonchev–Trinajstić information content (AvgIpc) is 2.82. The highest BCUT2D eigenvalue weighted by molar-refractivity contribution is 5.96. The zero-order chi connectivity index (χ0) is 11.7. The van der Waals surface area contributed by atoms with E-state index in [0.29, 0.717) is 0 Å². The van der Waals surface area contributed by atoms with Gasteiger partial charge < -0.3 is 10.1 Å². The topological polar surface area (TPSA) is 36.0 Å². The molecule has 0 saturated carbocycles. The number of para-hydroxylation sites is 1. The molecule has 84 valence electrons. The fourth-order valence-corrected chi connectivity index (χ4v) is 2.22. The summed E-state index contributed by atoms with van der Waals surface area (Å²) in [5.41, 5.74) is 4.31. The molecule has 0 amide bonds. The number of aromatic amines is 1. The van der Waals surface area contributed by atoms with Crippen molar-refractivity contribution in [1.82, 2.24) is 4.98 Å². The van der Waals surface area contributed by atoms with Crippen LogP contribution in [0.5, 0.6) is 0 Å². The summed E-state index contributed by atoms with van der Waals surface area (Å²) in [4.78, 5) is 3.26. The number of aliphatic hydroxyl groups is 1. The molecule has 0 aliphatic heterocycles. The first kappa shape index (κ1) is 10.1. The Balaban J connectivity index is 2.27. The summed E-state index contributed by atoms with van der Waals surface area (Å²) in [7, 11) is 0. The predicted octanol–water partition coefficient (Wildman–Crippen LogP) is 3.33. The molecular formula is C15H13NO. The van der Waals surface area contributed by atoms with Gasteiger partial charge >= 0.3 is 0 Å². The van der Waals surface area contributed by atoms with E-state index in [9.17, 15) is 5.11 Å². The lowest BCUT2D eigenvalue weighted by molar-refractivity contribution is 0.282. The molecule has 2 aromatic carbocycles. The van der Waals surface area contributed by atoms with Crippen molar-refractivity contribution in [1.29, 1.82) is 0 Å². The van der Waals surface area contributed by atoms with Gasteiger partial charge in [-0.2, -0.15) is 0 Å². The minimum absolute atomic E-state index is 0.0652. The smallest absolute Gasteiger partial charge is 0.0687 e. The van der Waals surface area contributed by atoms with Gasteiger partial charge in [0.15, 0.2) is 0 Å². The molecule has 0 fully saturated rings. The molecule has 2 heteroatoms. The van der Waals surface area contributed by atoms with Gasteiger partial charge in [0, 0.05) is 22.7 Å². The molecule has 0 aliphatic carbocycles. The summed E-state index contributed by atoms with van der Waals surface area (Å²) >= 11 is 0. The maximum atomic E-state index is 9.38. The number of nitrogens with one attached hydrogen (secondary N) is 1. The number of hydrogen-bond acceptors (Lipinski definition) is 1. The Kier molecular flexibility index (Phi) is 2.42. The minimum Gasteiger partial charge on any atom is -0.392 e. The Bertz CT molecular complexity index is 655. The zero-order valence-electron chi connectivity index (χ0n) is 9.35. The number of H-pyrrole nitrogens is 1. The third-order valence-electron chi connectivity index (χ3n) is 3.07. The van der Waals surface area contributed by atoms with Gasteiger partial charge in [-0.3, -0.25) is 0 Å². The maximum absolute atomic E-state index is 9.38. The second-order valence-corrected chi connectivity index (χ2v) is 4.06. The van der Waals surface area contributed by atoms with Gasteiger partial charge in [-0.15, -0.1) is 0 Å². The lowest BCUT2D eigenvalue weighted by Gasteiger charge is -2.05. The fourth-order valence-electron chi connectivity index (χ4n) is 2.22. The largest absolute Gasteiger partial charge is 0.392 e. The molecule has 1 aromatic heterocycles. The Morgan fingerprint density at radius 3 is 2.53 bits per heavy atom. The van der Waals surface area contributed by atoms with Crippen LogP contribution in [0.15, 0.2) is 54.7 Å². The van der Waals surface area contributed by atoms with E-state index in [4.69, 9.17) is 0 Å². The average molecular weight is 223 g/mol. The van der Waals surface area contributed by atoms with Crippen LogP contribution in [0.3, 0.4) is 0 Å². The number of benzene rings is 2. The molecule has 0 unspecified atom stereocenters. The van der Waals surface area contributed by atoms with Gasteiger partial charge in [0.1, 0.15) is 0 Å². The van der Waals surface area contributed by atoms with Crippen LogP contribution in [-0.4, -0.2) is 10.1 Å². The van der Waals surface area contributed by atoms with Crippen LogP contribution in [0.25, 0.3) is 22.0 Å². The summed E-state index contributed by atoms with van der Waals surface area (Å²) in [6.07, 6.45) is 2.00. The van der Waals surface area contributed by atoms with Crippen molar-refractivity contribution < 1.29 is 5.11 Å². The van der Waals surface area contributed by atoms with Gasteiger partial charge in [0.05, 0.1) is 6.61 Å². The quantitative estimate of drug-likeness (QED) is 0.686. The Morgan fingerprint density at radius 1 is 0.882 bits per heavy atom. The summed E-state index contributed by atoms with van der Waals surface area (Å²) in [6, 6.07) is 16.1. The highest BCUT2D eigenvalue weighted by Crippen LogP contribution is 2.30. The molecule has 0 radical (unpaired) electrons. The zero-order valence-corrected chi connectivity index (χ0v) is 9.35. The standard InChI is InChI=1S/C15H13NO/c17-10-11-5-1-2-6-12(11)14-9-16-15-8-4-3-7-13(14)15/h1-9,16-17H,10H2. The summed E-state index contributed by atoms with van der Waals surface area (Å²) in [5.74, 6) is 0. The van der Waals surface area contributed by atoms with E-state index >= 15 is 0 Å². The van der Waals surface area contributed by atoms with Crippen molar-refractivity contribution >= 4 is 10.9 Å². The van der Waals surface area contributed by atoms with Crippen LogP contribution < -0.4 is 0 Å². The fraction of sp³-hybridized carbons (Fsp3) is 0.0667. The van der Waals surface area contributed by atoms with Gasteiger partial charge in [-0.1, -0.05) is 42.5 Å². The second-order valence-electron chi connectivity index (χ2n) is 4.06. The second kappa shape index (κ2) is 4.07. The van der Waals surface area contributed by atoms with Crippen LogP contribution in [0, 0.1) is 0 Å². The van der Waals surface area contributed by atoms with Gasteiger partial charge in [0.2, 0.25) is 0 Å². The molecule has 2 nitrogen and oxygen atoms in total.